The van der Waals surface area contributed by atoms with E-state index in [0.29, 0.717) is 25.9 Å². The fraction of sp³-hybridized carbons (Fsp3) is 0.929. The maximum Gasteiger partial charge on any atom is 0.303 e. The van der Waals surface area contributed by atoms with Gasteiger partial charge in [0.1, 0.15) is 0 Å². The number of aliphatic hydroxyl groups excluding tert-OH is 2. The van der Waals surface area contributed by atoms with Gasteiger partial charge in [0.25, 0.3) is 0 Å². The highest BCUT2D eigenvalue weighted by atomic mass is 16.4. The summed E-state index contributed by atoms with van der Waals surface area (Å²) in [4.78, 5) is 20.4. The van der Waals surface area contributed by atoms with Gasteiger partial charge in [-0.15, -0.1) is 0 Å². The molecule has 0 rings (SSSR count). The lowest BCUT2D eigenvalue weighted by molar-refractivity contribution is -0.138. The van der Waals surface area contributed by atoms with Gasteiger partial charge in [0.2, 0.25) is 0 Å². The van der Waals surface area contributed by atoms with Crippen LogP contribution in [0.1, 0.15) is 142 Å². The number of aliphatic carboxylic acids is 2. The van der Waals surface area contributed by atoms with Crippen LogP contribution in [0.2, 0.25) is 0 Å². The van der Waals surface area contributed by atoms with Gasteiger partial charge >= 0.3 is 11.9 Å². The minimum Gasteiger partial charge on any atom is -0.481 e. The van der Waals surface area contributed by atoms with Crippen LogP contribution in [0.5, 0.6) is 0 Å². The van der Waals surface area contributed by atoms with Gasteiger partial charge < -0.3 is 25.7 Å². The van der Waals surface area contributed by atoms with Crippen molar-refractivity contribution in [3.63, 3.8) is 0 Å². The van der Waals surface area contributed by atoms with Crippen molar-refractivity contribution in [3.05, 3.63) is 0 Å². The van der Waals surface area contributed by atoms with Crippen LogP contribution in [0.4, 0.5) is 0 Å². The Morgan fingerprint density at radius 2 is 0.743 bits per heavy atom. The molecule has 0 aliphatic rings. The van der Waals surface area contributed by atoms with Crippen LogP contribution in [0.3, 0.4) is 0 Å². The van der Waals surface area contributed by atoms with Crippen LogP contribution in [0.25, 0.3) is 0 Å². The van der Waals surface area contributed by atoms with Crippen molar-refractivity contribution in [1.29, 1.82) is 0 Å². The van der Waals surface area contributed by atoms with Crippen molar-refractivity contribution in [2.45, 2.75) is 142 Å². The van der Waals surface area contributed by atoms with Gasteiger partial charge in [0, 0.05) is 25.9 Å². The molecule has 0 aromatic heterocycles. The number of hydrogen-bond donors (Lipinski definition) is 5. The van der Waals surface area contributed by atoms with Crippen LogP contribution in [0, 0.1) is 0 Å². The Kier molecular flexibility index (Phi) is 40.9. The smallest absolute Gasteiger partial charge is 0.303 e. The van der Waals surface area contributed by atoms with Crippen LogP contribution in [0.15, 0.2) is 0 Å². The van der Waals surface area contributed by atoms with E-state index in [1.165, 1.54) is 89.9 Å². The molecule has 0 saturated carbocycles. The highest BCUT2D eigenvalue weighted by molar-refractivity contribution is 5.66. The third-order valence-electron chi connectivity index (χ3n) is 5.57. The zero-order valence-electron chi connectivity index (χ0n) is 23.1. The number of nitrogens with one attached hydrogen (secondary N) is 1. The topological polar surface area (TPSA) is 127 Å². The number of carboxylic acid groups (broad SMARTS) is 2. The molecular formula is C28H59NO6. The molecule has 35 heavy (non-hydrogen) atoms. The molecule has 0 amide bonds. The number of rotatable bonds is 24. The van der Waals surface area contributed by atoms with Gasteiger partial charge in [-0.3, -0.25) is 9.59 Å². The molecule has 0 aliphatic carbocycles. The lowest BCUT2D eigenvalue weighted by atomic mass is 10.1. The van der Waals surface area contributed by atoms with E-state index in [2.05, 4.69) is 19.2 Å². The fourth-order valence-electron chi connectivity index (χ4n) is 3.46. The first kappa shape index (κ1) is 38.4. The van der Waals surface area contributed by atoms with E-state index >= 15 is 0 Å². The van der Waals surface area contributed by atoms with E-state index in [-0.39, 0.29) is 13.2 Å². The van der Waals surface area contributed by atoms with Crippen LogP contribution < -0.4 is 5.32 Å². The largest absolute Gasteiger partial charge is 0.481 e. The van der Waals surface area contributed by atoms with E-state index in [0.717, 1.165) is 25.7 Å². The molecule has 7 nitrogen and oxygen atoms in total. The lowest BCUT2D eigenvalue weighted by Gasteiger charge is -2.00. The maximum atomic E-state index is 10.2. The number of carbonyl (C=O) groups is 2. The second kappa shape index (κ2) is 37.4. The first-order chi connectivity index (χ1) is 17.0. The summed E-state index contributed by atoms with van der Waals surface area (Å²) in [5.74, 6) is -1.32. The van der Waals surface area contributed by atoms with Crippen LogP contribution >= 0.6 is 0 Å². The van der Waals surface area contributed by atoms with Gasteiger partial charge in [0.05, 0.1) is 13.2 Å². The Labute approximate surface area is 216 Å². The average molecular weight is 506 g/mol. The van der Waals surface area contributed by atoms with E-state index in [9.17, 15) is 9.59 Å². The average Bonchev–Trinajstić information content (AvgIpc) is 2.83. The van der Waals surface area contributed by atoms with Crippen LogP contribution in [-0.4, -0.2) is 58.7 Å². The molecule has 0 unspecified atom stereocenters. The highest BCUT2D eigenvalue weighted by Gasteiger charge is 1.97. The monoisotopic (exact) mass is 505 g/mol. The number of aliphatic hydroxyl groups is 2. The Morgan fingerprint density at radius 1 is 0.486 bits per heavy atom. The van der Waals surface area contributed by atoms with E-state index in [4.69, 9.17) is 20.4 Å². The SMILES string of the molecule is CCCCCCCCCCCC(=O)O.CCCCCCCCCCCC(=O)O.OCCNCCO. The van der Waals surface area contributed by atoms with E-state index < -0.39 is 11.9 Å². The summed E-state index contributed by atoms with van der Waals surface area (Å²) < 4.78 is 0. The number of carboxylic acids is 2. The second-order valence-corrected chi connectivity index (χ2v) is 9.14. The molecule has 7 heteroatoms. The Morgan fingerprint density at radius 3 is 0.971 bits per heavy atom. The van der Waals surface area contributed by atoms with Gasteiger partial charge in [-0.25, -0.2) is 0 Å². The maximum absolute atomic E-state index is 10.2. The molecule has 0 fully saturated rings. The molecule has 0 aromatic rings. The van der Waals surface area contributed by atoms with Gasteiger partial charge in [-0.1, -0.05) is 117 Å². The van der Waals surface area contributed by atoms with Crippen molar-refractivity contribution in [1.82, 2.24) is 5.32 Å². The minimum atomic E-state index is -0.659. The molecule has 0 spiro atoms. The first-order valence-corrected chi connectivity index (χ1v) is 14.3. The van der Waals surface area contributed by atoms with Gasteiger partial charge in [-0.2, -0.15) is 0 Å². The fourth-order valence-corrected chi connectivity index (χ4v) is 3.46. The van der Waals surface area contributed by atoms with Crippen molar-refractivity contribution >= 4 is 11.9 Å². The quantitative estimate of drug-likeness (QED) is 0.0942. The summed E-state index contributed by atoms with van der Waals surface area (Å²) >= 11 is 0. The molecule has 0 bridgehead atoms. The predicted octanol–water partition coefficient (Wildman–Crippen LogP) is 6.54. The summed E-state index contributed by atoms with van der Waals surface area (Å²) in [6.07, 6.45) is 23.0. The van der Waals surface area contributed by atoms with Gasteiger partial charge in [0.15, 0.2) is 0 Å². The van der Waals surface area contributed by atoms with Crippen LogP contribution in [-0.2, 0) is 9.59 Å². The zero-order chi connectivity index (χ0) is 26.8. The highest BCUT2D eigenvalue weighted by Crippen LogP contribution is 2.11. The number of unbranched alkanes of at least 4 members (excludes halogenated alkanes) is 16. The standard InChI is InChI=1S/2C12H24O2.C4H11NO2/c2*1-2-3-4-5-6-7-8-9-10-11-12(13)14;6-3-1-5-2-4-7/h2*2-11H2,1H3,(H,13,14);5-7H,1-4H2. The first-order valence-electron chi connectivity index (χ1n) is 14.3. The number of hydrogen-bond acceptors (Lipinski definition) is 5. The Hall–Kier alpha value is -1.18. The molecule has 0 heterocycles. The van der Waals surface area contributed by atoms with E-state index in [1.807, 2.05) is 0 Å². The van der Waals surface area contributed by atoms with Crippen molar-refractivity contribution in [2.75, 3.05) is 26.3 Å². The molecule has 0 radical (unpaired) electrons. The minimum absolute atomic E-state index is 0.139. The molecule has 0 saturated heterocycles. The van der Waals surface area contributed by atoms with Crippen molar-refractivity contribution < 1.29 is 30.0 Å². The second-order valence-electron chi connectivity index (χ2n) is 9.14. The summed E-state index contributed by atoms with van der Waals surface area (Å²) in [6.45, 7) is 5.87. The Bertz CT molecular complexity index is 371. The van der Waals surface area contributed by atoms with E-state index in [1.54, 1.807) is 0 Å². The lowest BCUT2D eigenvalue weighted by Crippen LogP contribution is -2.21. The normalized spacial score (nSPS) is 10.2. The molecule has 0 aromatic carbocycles. The third kappa shape index (κ3) is 50.6. The third-order valence-corrected chi connectivity index (χ3v) is 5.57. The molecule has 0 atom stereocenters. The van der Waals surface area contributed by atoms with Crippen molar-refractivity contribution in [2.24, 2.45) is 0 Å². The summed E-state index contributed by atoms with van der Waals surface area (Å²) in [5.41, 5.74) is 0. The summed E-state index contributed by atoms with van der Waals surface area (Å²) in [6, 6.07) is 0. The van der Waals surface area contributed by atoms with Gasteiger partial charge in [-0.05, 0) is 12.8 Å². The zero-order valence-corrected chi connectivity index (χ0v) is 23.1. The Balaban J connectivity index is -0.000000465. The molecule has 5 N–H and O–H groups in total. The summed E-state index contributed by atoms with van der Waals surface area (Å²) in [7, 11) is 0. The van der Waals surface area contributed by atoms with Crippen molar-refractivity contribution in [3.8, 4) is 0 Å². The predicted molar refractivity (Wildman–Crippen MR) is 146 cm³/mol. The molecular weight excluding hydrogens is 446 g/mol. The molecule has 0 aliphatic heterocycles. The molecule has 212 valence electrons. The summed E-state index contributed by atoms with van der Waals surface area (Å²) in [5, 5.41) is 35.9.